The lowest BCUT2D eigenvalue weighted by Gasteiger charge is -2.11. The predicted octanol–water partition coefficient (Wildman–Crippen LogP) is 1.68. The topological polar surface area (TPSA) is 42.6 Å². The Labute approximate surface area is 79.0 Å². The van der Waals surface area contributed by atoms with Crippen molar-refractivity contribution in [3.63, 3.8) is 0 Å². The zero-order valence-electron chi connectivity index (χ0n) is 8.28. The molecule has 0 bridgehead atoms. The van der Waals surface area contributed by atoms with Crippen molar-refractivity contribution in [1.29, 1.82) is 0 Å². The van der Waals surface area contributed by atoms with Crippen molar-refractivity contribution in [3.05, 3.63) is 17.9 Å². The molecule has 72 valence electrons. The summed E-state index contributed by atoms with van der Waals surface area (Å²) in [4.78, 5) is 0. The van der Waals surface area contributed by atoms with Crippen LogP contribution in [-0.2, 0) is 0 Å². The van der Waals surface area contributed by atoms with Crippen LogP contribution in [0.25, 0.3) is 0 Å². The number of furan rings is 1. The summed E-state index contributed by atoms with van der Waals surface area (Å²) in [7, 11) is -0.344. The first-order chi connectivity index (χ1) is 6.15. The van der Waals surface area contributed by atoms with Crippen LogP contribution in [-0.4, -0.2) is 12.7 Å². The summed E-state index contributed by atoms with van der Waals surface area (Å²) in [6, 6.07) is 3.61. The van der Waals surface area contributed by atoms with Gasteiger partial charge in [0.1, 0.15) is 5.76 Å². The van der Waals surface area contributed by atoms with Crippen LogP contribution >= 0.6 is 0 Å². The molecule has 1 N–H and O–H groups in total. The van der Waals surface area contributed by atoms with Gasteiger partial charge in [0.2, 0.25) is 0 Å². The summed E-state index contributed by atoms with van der Waals surface area (Å²) in [6.07, 6.45) is 0. The van der Waals surface area contributed by atoms with E-state index in [-0.39, 0.29) is 7.69 Å². The smallest absolute Gasteiger partial charge is 0.506 e. The normalized spacial score (nSPS) is 13.0. The maximum absolute atomic E-state index is 8.49. The van der Waals surface area contributed by atoms with E-state index in [2.05, 4.69) is 20.8 Å². The minimum atomic E-state index is -0.344. The Bertz CT molecular complexity index is 257. The third kappa shape index (κ3) is 2.52. The molecule has 1 unspecified atom stereocenters. The van der Waals surface area contributed by atoms with E-state index >= 15 is 0 Å². The van der Waals surface area contributed by atoms with Gasteiger partial charge >= 0.3 is 7.69 Å². The average molecular weight is 182 g/mol. The summed E-state index contributed by atoms with van der Waals surface area (Å²) in [5, 5.41) is 8.49. The van der Waals surface area contributed by atoms with Gasteiger partial charge in [-0.15, -0.1) is 0 Å². The van der Waals surface area contributed by atoms with E-state index in [1.54, 1.807) is 6.07 Å². The molecule has 0 aliphatic heterocycles. The molecule has 1 atom stereocenters. The summed E-state index contributed by atoms with van der Waals surface area (Å²) in [5.74, 6) is 2.19. The summed E-state index contributed by atoms with van der Waals surface area (Å²) in [6.45, 7) is 6.38. The second-order valence-electron chi connectivity index (χ2n) is 3.46. The van der Waals surface area contributed by atoms with Gasteiger partial charge in [-0.1, -0.05) is 20.8 Å². The van der Waals surface area contributed by atoms with Gasteiger partial charge in [0.15, 0.2) is 0 Å². The Balaban J connectivity index is 2.67. The van der Waals surface area contributed by atoms with Gasteiger partial charge in [-0.05, 0) is 12.0 Å². The zero-order chi connectivity index (χ0) is 9.84. The fourth-order valence-corrected chi connectivity index (χ4v) is 1.05. The largest absolute Gasteiger partial charge is 0.512 e. The lowest BCUT2D eigenvalue weighted by Crippen LogP contribution is -2.00. The van der Waals surface area contributed by atoms with Crippen molar-refractivity contribution in [3.8, 4) is 5.95 Å². The van der Waals surface area contributed by atoms with Crippen LogP contribution < -0.4 is 4.65 Å². The Kier molecular flexibility index (Phi) is 3.43. The van der Waals surface area contributed by atoms with Gasteiger partial charge in [0, 0.05) is 12.0 Å². The van der Waals surface area contributed by atoms with Crippen molar-refractivity contribution in [1.82, 2.24) is 0 Å². The molecule has 1 heterocycles. The molecule has 13 heavy (non-hydrogen) atoms. The maximum Gasteiger partial charge on any atom is 0.506 e. The zero-order valence-corrected chi connectivity index (χ0v) is 8.28. The highest BCUT2D eigenvalue weighted by Crippen LogP contribution is 2.27. The van der Waals surface area contributed by atoms with Crippen LogP contribution in [0.4, 0.5) is 0 Å². The number of rotatable bonds is 4. The fraction of sp³-hybridized carbons (Fsp3) is 0.556. The molecular formula is C9H15BO3. The first-order valence-electron chi connectivity index (χ1n) is 4.48. The lowest BCUT2D eigenvalue weighted by molar-refractivity contribution is 0.325. The van der Waals surface area contributed by atoms with E-state index in [1.807, 2.05) is 6.07 Å². The van der Waals surface area contributed by atoms with Crippen LogP contribution in [0.2, 0.25) is 0 Å². The number of hydrogen-bond acceptors (Lipinski definition) is 3. The van der Waals surface area contributed by atoms with Crippen LogP contribution in [0, 0.1) is 5.92 Å². The summed E-state index contributed by atoms with van der Waals surface area (Å²) in [5.41, 5.74) is 0. The van der Waals surface area contributed by atoms with E-state index in [4.69, 9.17) is 14.1 Å². The fourth-order valence-electron chi connectivity index (χ4n) is 1.05. The molecule has 0 fully saturated rings. The maximum atomic E-state index is 8.49. The van der Waals surface area contributed by atoms with Crippen molar-refractivity contribution in [2.75, 3.05) is 0 Å². The van der Waals surface area contributed by atoms with Gasteiger partial charge in [0.05, 0.1) is 0 Å². The molecule has 4 heteroatoms. The molecule has 1 aromatic heterocycles. The molecule has 0 amide bonds. The third-order valence-corrected chi connectivity index (χ3v) is 2.26. The minimum Gasteiger partial charge on any atom is -0.512 e. The SMILES string of the molecule is CC(C)C(C)c1ccc(OBO)o1. The molecular weight excluding hydrogens is 167 g/mol. The molecule has 0 spiro atoms. The van der Waals surface area contributed by atoms with Gasteiger partial charge in [-0.3, -0.25) is 0 Å². The van der Waals surface area contributed by atoms with Crippen molar-refractivity contribution in [2.45, 2.75) is 26.7 Å². The monoisotopic (exact) mass is 182 g/mol. The molecule has 0 aromatic carbocycles. The van der Waals surface area contributed by atoms with Crippen LogP contribution in [0.3, 0.4) is 0 Å². The van der Waals surface area contributed by atoms with Crippen molar-refractivity contribution < 1.29 is 14.1 Å². The molecule has 0 aliphatic carbocycles. The second-order valence-corrected chi connectivity index (χ2v) is 3.46. The highest BCUT2D eigenvalue weighted by atomic mass is 16.6. The molecule has 0 saturated carbocycles. The molecule has 0 radical (unpaired) electrons. The van der Waals surface area contributed by atoms with Crippen molar-refractivity contribution in [2.24, 2.45) is 5.92 Å². The molecule has 0 aliphatic rings. The standard InChI is InChI=1S/C9H15BO3/c1-6(2)7(3)8-4-5-9(12-8)13-10-11/h4-7,10-11H,1-3H3. The Hall–Kier alpha value is -0.895. The Morgan fingerprint density at radius 1 is 1.38 bits per heavy atom. The minimum absolute atomic E-state index is 0.344. The Morgan fingerprint density at radius 2 is 2.08 bits per heavy atom. The lowest BCUT2D eigenvalue weighted by atomic mass is 9.96. The quantitative estimate of drug-likeness (QED) is 0.720. The van der Waals surface area contributed by atoms with Gasteiger partial charge in [-0.25, -0.2) is 0 Å². The molecule has 1 rings (SSSR count). The Morgan fingerprint density at radius 3 is 2.62 bits per heavy atom. The van der Waals surface area contributed by atoms with E-state index in [9.17, 15) is 0 Å². The second kappa shape index (κ2) is 4.37. The van der Waals surface area contributed by atoms with Crippen molar-refractivity contribution >= 4 is 7.69 Å². The average Bonchev–Trinajstić information content (AvgIpc) is 2.52. The first kappa shape index (κ1) is 10.2. The summed E-state index contributed by atoms with van der Waals surface area (Å²) < 4.78 is 10.2. The van der Waals surface area contributed by atoms with Gasteiger partial charge < -0.3 is 14.1 Å². The highest BCUT2D eigenvalue weighted by molar-refractivity contribution is 6.17. The highest BCUT2D eigenvalue weighted by Gasteiger charge is 2.14. The van der Waals surface area contributed by atoms with E-state index in [1.165, 1.54) is 0 Å². The molecule has 3 nitrogen and oxygen atoms in total. The van der Waals surface area contributed by atoms with E-state index in [0.717, 1.165) is 5.76 Å². The number of hydrogen-bond donors (Lipinski definition) is 1. The third-order valence-electron chi connectivity index (χ3n) is 2.26. The van der Waals surface area contributed by atoms with Gasteiger partial charge in [-0.2, -0.15) is 0 Å². The van der Waals surface area contributed by atoms with E-state index in [0.29, 0.717) is 17.8 Å². The molecule has 1 aromatic rings. The van der Waals surface area contributed by atoms with Crippen LogP contribution in [0.15, 0.2) is 16.5 Å². The first-order valence-corrected chi connectivity index (χ1v) is 4.48. The predicted molar refractivity (Wildman–Crippen MR) is 52.0 cm³/mol. The van der Waals surface area contributed by atoms with Gasteiger partial charge in [0.25, 0.3) is 5.95 Å². The summed E-state index contributed by atoms with van der Waals surface area (Å²) >= 11 is 0. The van der Waals surface area contributed by atoms with Crippen LogP contribution in [0.1, 0.15) is 32.4 Å². The van der Waals surface area contributed by atoms with Crippen LogP contribution in [0.5, 0.6) is 5.95 Å². The van der Waals surface area contributed by atoms with E-state index < -0.39 is 0 Å². The molecule has 0 saturated heterocycles.